The van der Waals surface area contributed by atoms with Gasteiger partial charge in [-0.05, 0) is 24.3 Å². The number of aromatic nitrogens is 2. The summed E-state index contributed by atoms with van der Waals surface area (Å²) in [7, 11) is 0. The van der Waals surface area contributed by atoms with Gasteiger partial charge in [-0.15, -0.1) is 11.3 Å². The van der Waals surface area contributed by atoms with E-state index in [0.29, 0.717) is 22.6 Å². The van der Waals surface area contributed by atoms with E-state index in [1.54, 1.807) is 53.4 Å². The van der Waals surface area contributed by atoms with Gasteiger partial charge >= 0.3 is 0 Å². The molecular formula is C18H14FN3OS. The second-order valence-electron chi connectivity index (χ2n) is 4.94. The number of hydrogen-bond acceptors (Lipinski definition) is 3. The molecule has 2 heterocycles. The predicted molar refractivity (Wildman–Crippen MR) is 91.7 cm³/mol. The normalized spacial score (nSPS) is 12.0. The summed E-state index contributed by atoms with van der Waals surface area (Å²) in [4.78, 5) is 20.7. The Labute approximate surface area is 142 Å². The lowest BCUT2D eigenvalue weighted by Crippen LogP contribution is -2.17. The standard InChI is InChI=1S/C18H14FN3OS/c19-16-7-2-1-5-14(16)13-22-11-12-24-18(22)21-17(23)9-8-15-6-3-4-10-20-15/h1-12H,13H2. The molecule has 3 aromatic rings. The van der Waals surface area contributed by atoms with Crippen molar-refractivity contribution >= 4 is 23.3 Å². The first-order chi connectivity index (χ1) is 11.7. The van der Waals surface area contributed by atoms with E-state index in [1.165, 1.54) is 23.5 Å². The number of pyridine rings is 1. The van der Waals surface area contributed by atoms with E-state index in [1.807, 2.05) is 11.4 Å². The minimum atomic E-state index is -0.384. The third kappa shape index (κ3) is 4.11. The topological polar surface area (TPSA) is 47.2 Å². The predicted octanol–water partition coefficient (Wildman–Crippen LogP) is 3.27. The molecule has 0 N–H and O–H groups in total. The SMILES string of the molecule is O=C(C=Cc1ccccn1)N=c1sccn1Cc1ccccc1F. The molecule has 0 aliphatic heterocycles. The molecule has 24 heavy (non-hydrogen) atoms. The quantitative estimate of drug-likeness (QED) is 0.685. The van der Waals surface area contributed by atoms with Gasteiger partial charge in [0.25, 0.3) is 5.91 Å². The van der Waals surface area contributed by atoms with Crippen molar-refractivity contribution in [3.05, 3.63) is 88.2 Å². The van der Waals surface area contributed by atoms with Crippen molar-refractivity contribution in [3.8, 4) is 0 Å². The third-order valence-corrected chi connectivity index (χ3v) is 4.04. The van der Waals surface area contributed by atoms with Crippen molar-refractivity contribution in [1.82, 2.24) is 9.55 Å². The molecule has 0 radical (unpaired) electrons. The van der Waals surface area contributed by atoms with E-state index >= 15 is 0 Å². The summed E-state index contributed by atoms with van der Waals surface area (Å²) in [5.74, 6) is -0.658. The van der Waals surface area contributed by atoms with Crippen LogP contribution in [0.25, 0.3) is 6.08 Å². The molecule has 2 aromatic heterocycles. The van der Waals surface area contributed by atoms with E-state index < -0.39 is 0 Å². The van der Waals surface area contributed by atoms with Crippen LogP contribution in [0.5, 0.6) is 0 Å². The minimum Gasteiger partial charge on any atom is -0.319 e. The molecule has 3 rings (SSSR count). The number of thiazole rings is 1. The monoisotopic (exact) mass is 339 g/mol. The zero-order valence-corrected chi connectivity index (χ0v) is 13.5. The number of amides is 1. The number of nitrogens with zero attached hydrogens (tertiary/aromatic N) is 3. The van der Waals surface area contributed by atoms with E-state index in [9.17, 15) is 9.18 Å². The highest BCUT2D eigenvalue weighted by atomic mass is 32.1. The molecule has 6 heteroatoms. The first-order valence-corrected chi connectivity index (χ1v) is 8.15. The zero-order valence-electron chi connectivity index (χ0n) is 12.7. The fourth-order valence-corrected chi connectivity index (χ4v) is 2.81. The fourth-order valence-electron chi connectivity index (χ4n) is 2.08. The van der Waals surface area contributed by atoms with Gasteiger partial charge in [0.15, 0.2) is 4.80 Å². The number of benzene rings is 1. The Bertz CT molecular complexity index is 928. The average Bonchev–Trinajstić information content (AvgIpc) is 3.03. The van der Waals surface area contributed by atoms with Gasteiger partial charge in [-0.3, -0.25) is 9.78 Å². The summed E-state index contributed by atoms with van der Waals surface area (Å²) in [6, 6.07) is 12.0. The van der Waals surface area contributed by atoms with Gasteiger partial charge in [0, 0.05) is 29.4 Å². The summed E-state index contributed by atoms with van der Waals surface area (Å²) in [5, 5.41) is 1.81. The Morgan fingerprint density at radius 1 is 1.25 bits per heavy atom. The van der Waals surface area contributed by atoms with Crippen molar-refractivity contribution in [1.29, 1.82) is 0 Å². The Balaban J connectivity index is 1.79. The maximum Gasteiger partial charge on any atom is 0.272 e. The first kappa shape index (κ1) is 16.0. The van der Waals surface area contributed by atoms with Crippen LogP contribution in [0.1, 0.15) is 11.3 Å². The van der Waals surface area contributed by atoms with Gasteiger partial charge in [-0.1, -0.05) is 24.3 Å². The maximum absolute atomic E-state index is 13.8. The van der Waals surface area contributed by atoms with Crippen LogP contribution < -0.4 is 4.80 Å². The van der Waals surface area contributed by atoms with E-state index in [-0.39, 0.29) is 11.7 Å². The van der Waals surface area contributed by atoms with Crippen LogP contribution in [-0.4, -0.2) is 15.5 Å². The minimum absolute atomic E-state index is 0.275. The highest BCUT2D eigenvalue weighted by Gasteiger charge is 2.04. The number of halogens is 1. The highest BCUT2D eigenvalue weighted by molar-refractivity contribution is 7.07. The van der Waals surface area contributed by atoms with E-state index in [2.05, 4.69) is 9.98 Å². The van der Waals surface area contributed by atoms with Gasteiger partial charge in [-0.25, -0.2) is 4.39 Å². The van der Waals surface area contributed by atoms with Crippen LogP contribution in [0.15, 0.2) is 71.3 Å². The smallest absolute Gasteiger partial charge is 0.272 e. The maximum atomic E-state index is 13.8. The Morgan fingerprint density at radius 2 is 2.08 bits per heavy atom. The number of hydrogen-bond donors (Lipinski definition) is 0. The number of carbonyl (C=O) groups excluding carboxylic acids is 1. The Morgan fingerprint density at radius 3 is 2.88 bits per heavy atom. The highest BCUT2D eigenvalue weighted by Crippen LogP contribution is 2.08. The van der Waals surface area contributed by atoms with E-state index in [4.69, 9.17) is 0 Å². The molecule has 1 amide bonds. The van der Waals surface area contributed by atoms with Crippen LogP contribution in [-0.2, 0) is 11.3 Å². The molecule has 0 atom stereocenters. The molecule has 0 aliphatic carbocycles. The van der Waals surface area contributed by atoms with Crippen molar-refractivity contribution in [2.75, 3.05) is 0 Å². The lowest BCUT2D eigenvalue weighted by Gasteiger charge is -2.04. The molecule has 0 unspecified atom stereocenters. The lowest BCUT2D eigenvalue weighted by atomic mass is 10.2. The lowest BCUT2D eigenvalue weighted by molar-refractivity contribution is -0.113. The van der Waals surface area contributed by atoms with Gasteiger partial charge in [0.05, 0.1) is 12.2 Å². The second kappa shape index (κ2) is 7.61. The largest absolute Gasteiger partial charge is 0.319 e. The van der Waals surface area contributed by atoms with Crippen LogP contribution in [0.2, 0.25) is 0 Å². The van der Waals surface area contributed by atoms with Crippen LogP contribution in [0, 0.1) is 5.82 Å². The summed E-state index contributed by atoms with van der Waals surface area (Å²) < 4.78 is 15.5. The van der Waals surface area contributed by atoms with Crippen LogP contribution >= 0.6 is 11.3 Å². The van der Waals surface area contributed by atoms with Gasteiger partial charge in [0.1, 0.15) is 5.82 Å². The van der Waals surface area contributed by atoms with Crippen molar-refractivity contribution in [2.45, 2.75) is 6.54 Å². The summed E-state index contributed by atoms with van der Waals surface area (Å²) >= 11 is 1.33. The van der Waals surface area contributed by atoms with Crippen LogP contribution in [0.4, 0.5) is 4.39 Å². The summed E-state index contributed by atoms with van der Waals surface area (Å²) in [6.45, 7) is 0.326. The number of carbonyl (C=O) groups is 1. The molecule has 0 saturated carbocycles. The second-order valence-corrected chi connectivity index (χ2v) is 5.82. The number of rotatable bonds is 4. The third-order valence-electron chi connectivity index (χ3n) is 3.25. The van der Waals surface area contributed by atoms with Crippen molar-refractivity contribution < 1.29 is 9.18 Å². The van der Waals surface area contributed by atoms with Crippen molar-refractivity contribution in [3.63, 3.8) is 0 Å². The Kier molecular flexibility index (Phi) is 5.08. The van der Waals surface area contributed by atoms with E-state index in [0.717, 1.165) is 0 Å². The molecule has 120 valence electrons. The molecule has 0 aliphatic rings. The molecule has 4 nitrogen and oxygen atoms in total. The zero-order chi connectivity index (χ0) is 16.8. The Hall–Kier alpha value is -2.86. The fraction of sp³-hybridized carbons (Fsp3) is 0.0556. The average molecular weight is 339 g/mol. The van der Waals surface area contributed by atoms with Crippen LogP contribution in [0.3, 0.4) is 0 Å². The van der Waals surface area contributed by atoms with Gasteiger partial charge in [0.2, 0.25) is 0 Å². The molecule has 0 spiro atoms. The van der Waals surface area contributed by atoms with Gasteiger partial charge in [-0.2, -0.15) is 4.99 Å². The summed E-state index contributed by atoms with van der Waals surface area (Å²) in [5.41, 5.74) is 1.24. The molecule has 0 fully saturated rings. The summed E-state index contributed by atoms with van der Waals surface area (Å²) in [6.07, 6.45) is 6.42. The molecule has 0 bridgehead atoms. The molecular weight excluding hydrogens is 325 g/mol. The first-order valence-electron chi connectivity index (χ1n) is 7.27. The van der Waals surface area contributed by atoms with Gasteiger partial charge < -0.3 is 4.57 Å². The van der Waals surface area contributed by atoms with Crippen molar-refractivity contribution in [2.24, 2.45) is 4.99 Å². The molecule has 0 saturated heterocycles. The molecule has 1 aromatic carbocycles.